The van der Waals surface area contributed by atoms with E-state index in [1.165, 1.54) is 39.8 Å². The number of hydrazone groups is 1. The first-order chi connectivity index (χ1) is 13.1. The van der Waals surface area contributed by atoms with Crippen molar-refractivity contribution in [3.05, 3.63) is 80.7 Å². The molecule has 1 amide bonds. The van der Waals surface area contributed by atoms with Crippen molar-refractivity contribution in [1.82, 2.24) is 4.98 Å². The normalized spacial score (nSPS) is 11.3. The minimum absolute atomic E-state index is 0.280. The fraction of sp³-hybridized carbons (Fsp3) is 0. The third-order valence-electron chi connectivity index (χ3n) is 3.64. The summed E-state index contributed by atoms with van der Waals surface area (Å²) in [6.07, 6.45) is 1.60. The lowest BCUT2D eigenvalue weighted by atomic mass is 10.2. The highest BCUT2D eigenvalue weighted by Gasteiger charge is 2.21. The van der Waals surface area contributed by atoms with Crippen LogP contribution in [0.15, 0.2) is 69.6 Å². The zero-order chi connectivity index (χ0) is 18.8. The molecule has 0 unspecified atom stereocenters. The fourth-order valence-electron chi connectivity index (χ4n) is 2.34. The molecular formula is C19H11BrFN3OS2. The largest absolute Gasteiger partial charge is 0.290 e. The quantitative estimate of drug-likeness (QED) is 0.280. The summed E-state index contributed by atoms with van der Waals surface area (Å²) in [5.41, 5.74) is 1.47. The number of hydrogen-bond donors (Lipinski definition) is 0. The average molecular weight is 460 g/mol. The van der Waals surface area contributed by atoms with Crippen LogP contribution in [0.4, 0.5) is 9.52 Å². The maximum atomic E-state index is 13.5. The van der Waals surface area contributed by atoms with E-state index < -0.39 is 0 Å². The van der Waals surface area contributed by atoms with Crippen molar-refractivity contribution in [3.8, 4) is 0 Å². The van der Waals surface area contributed by atoms with Crippen molar-refractivity contribution in [2.75, 3.05) is 5.01 Å². The molecule has 27 heavy (non-hydrogen) atoms. The molecule has 2 heterocycles. The Hall–Kier alpha value is -2.42. The molecule has 0 atom stereocenters. The third kappa shape index (κ3) is 3.97. The molecule has 0 fully saturated rings. The van der Waals surface area contributed by atoms with Gasteiger partial charge in [-0.3, -0.25) is 4.79 Å². The maximum absolute atomic E-state index is 13.5. The number of thiazole rings is 1. The van der Waals surface area contributed by atoms with Crippen LogP contribution < -0.4 is 5.01 Å². The topological polar surface area (TPSA) is 45.6 Å². The number of halogens is 2. The number of benzene rings is 2. The molecule has 134 valence electrons. The molecule has 2 aromatic carbocycles. The summed E-state index contributed by atoms with van der Waals surface area (Å²) in [5, 5.41) is 7.85. The van der Waals surface area contributed by atoms with Gasteiger partial charge in [0, 0.05) is 4.47 Å². The van der Waals surface area contributed by atoms with Gasteiger partial charge >= 0.3 is 0 Å². The molecule has 0 N–H and O–H groups in total. The van der Waals surface area contributed by atoms with Crippen LogP contribution in [-0.2, 0) is 0 Å². The Balaban J connectivity index is 1.74. The summed E-state index contributed by atoms with van der Waals surface area (Å²) in [6, 6.07) is 15.5. The number of fused-ring (bicyclic) bond motifs is 1. The number of rotatable bonds is 4. The van der Waals surface area contributed by atoms with Crippen LogP contribution in [0.25, 0.3) is 10.2 Å². The summed E-state index contributed by atoms with van der Waals surface area (Å²) in [5.74, 6) is -0.620. The van der Waals surface area contributed by atoms with Gasteiger partial charge < -0.3 is 0 Å². The van der Waals surface area contributed by atoms with Crippen LogP contribution in [0.1, 0.15) is 15.2 Å². The van der Waals surface area contributed by atoms with Crippen LogP contribution in [0, 0.1) is 5.82 Å². The number of anilines is 1. The Morgan fingerprint density at radius 1 is 1.19 bits per heavy atom. The molecule has 0 saturated heterocycles. The molecule has 0 aliphatic heterocycles. The van der Waals surface area contributed by atoms with E-state index in [-0.39, 0.29) is 11.7 Å². The molecular weight excluding hydrogens is 449 g/mol. The number of hydrogen-bond acceptors (Lipinski definition) is 5. The zero-order valence-corrected chi connectivity index (χ0v) is 16.9. The lowest BCUT2D eigenvalue weighted by Crippen LogP contribution is -2.24. The Morgan fingerprint density at radius 2 is 2.00 bits per heavy atom. The standard InChI is InChI=1S/C19H11BrFN3OS2/c20-13-5-3-12(4-6-13)11-22-24(18(25)16-2-1-9-26-16)19-23-15-8-7-14(21)10-17(15)27-19/h1-11H/b22-11+. The average Bonchev–Trinajstić information content (AvgIpc) is 3.32. The first-order valence-electron chi connectivity index (χ1n) is 7.84. The monoisotopic (exact) mass is 459 g/mol. The highest BCUT2D eigenvalue weighted by Crippen LogP contribution is 2.31. The second kappa shape index (κ2) is 7.67. The highest BCUT2D eigenvalue weighted by atomic mass is 79.9. The number of carbonyl (C=O) groups excluding carboxylic acids is 1. The molecule has 0 radical (unpaired) electrons. The van der Waals surface area contributed by atoms with Gasteiger partial charge in [0.2, 0.25) is 5.13 Å². The van der Waals surface area contributed by atoms with Crippen molar-refractivity contribution in [2.24, 2.45) is 5.10 Å². The first-order valence-corrected chi connectivity index (χ1v) is 10.3. The Bertz CT molecular complexity index is 1120. The Morgan fingerprint density at radius 3 is 2.74 bits per heavy atom. The summed E-state index contributed by atoms with van der Waals surface area (Å²) in [7, 11) is 0. The van der Waals surface area contributed by atoms with E-state index in [4.69, 9.17) is 0 Å². The van der Waals surface area contributed by atoms with Gasteiger partial charge in [-0.25, -0.2) is 9.37 Å². The third-order valence-corrected chi connectivity index (χ3v) is 6.02. The van der Waals surface area contributed by atoms with E-state index in [0.29, 0.717) is 20.2 Å². The predicted octanol–water partition coefficient (Wildman–Crippen LogP) is 5.94. The molecule has 8 heteroatoms. The smallest absolute Gasteiger partial charge is 0.266 e. The Kier molecular flexibility index (Phi) is 5.11. The summed E-state index contributed by atoms with van der Waals surface area (Å²) in [4.78, 5) is 17.9. The van der Waals surface area contributed by atoms with E-state index in [0.717, 1.165) is 10.0 Å². The van der Waals surface area contributed by atoms with E-state index in [1.807, 2.05) is 35.7 Å². The van der Waals surface area contributed by atoms with Gasteiger partial charge in [0.05, 0.1) is 21.3 Å². The molecule has 2 aromatic heterocycles. The van der Waals surface area contributed by atoms with Crippen molar-refractivity contribution < 1.29 is 9.18 Å². The second-order valence-electron chi connectivity index (χ2n) is 5.50. The molecule has 0 spiro atoms. The number of aromatic nitrogens is 1. The Labute approximate surface area is 170 Å². The molecule has 0 bridgehead atoms. The van der Waals surface area contributed by atoms with E-state index in [1.54, 1.807) is 18.3 Å². The summed E-state index contributed by atoms with van der Waals surface area (Å²) in [6.45, 7) is 0. The van der Waals surface area contributed by atoms with Gasteiger partial charge in [-0.1, -0.05) is 45.5 Å². The van der Waals surface area contributed by atoms with Gasteiger partial charge in [-0.2, -0.15) is 10.1 Å². The fourth-order valence-corrected chi connectivity index (χ4v) is 4.20. The van der Waals surface area contributed by atoms with Crippen LogP contribution in [0.5, 0.6) is 0 Å². The number of amides is 1. The molecule has 0 aliphatic rings. The van der Waals surface area contributed by atoms with Crippen LogP contribution >= 0.6 is 38.6 Å². The van der Waals surface area contributed by atoms with E-state index in [9.17, 15) is 9.18 Å². The lowest BCUT2D eigenvalue weighted by Gasteiger charge is -2.12. The maximum Gasteiger partial charge on any atom is 0.290 e. The van der Waals surface area contributed by atoms with Crippen molar-refractivity contribution >= 4 is 66.1 Å². The van der Waals surface area contributed by atoms with Gasteiger partial charge in [-0.15, -0.1) is 11.3 Å². The van der Waals surface area contributed by atoms with Crippen molar-refractivity contribution in [1.29, 1.82) is 0 Å². The summed E-state index contributed by atoms with van der Waals surface area (Å²) < 4.78 is 15.1. The molecule has 4 aromatic rings. The molecule has 0 aliphatic carbocycles. The molecule has 0 saturated carbocycles. The van der Waals surface area contributed by atoms with Gasteiger partial charge in [0.15, 0.2) is 0 Å². The van der Waals surface area contributed by atoms with Gasteiger partial charge in [0.25, 0.3) is 5.91 Å². The second-order valence-corrected chi connectivity index (χ2v) is 8.37. The number of thiophene rings is 1. The summed E-state index contributed by atoms with van der Waals surface area (Å²) >= 11 is 5.94. The number of carbonyl (C=O) groups is 1. The van der Waals surface area contributed by atoms with Crippen molar-refractivity contribution in [3.63, 3.8) is 0 Å². The number of nitrogens with zero attached hydrogens (tertiary/aromatic N) is 3. The van der Waals surface area contributed by atoms with Crippen LogP contribution in [0.2, 0.25) is 0 Å². The van der Waals surface area contributed by atoms with Gasteiger partial charge in [0.1, 0.15) is 5.82 Å². The first kappa shape index (κ1) is 18.0. The van der Waals surface area contributed by atoms with E-state index in [2.05, 4.69) is 26.0 Å². The SMILES string of the molecule is O=C(c1cccs1)N(/N=C/c1ccc(Br)cc1)c1nc2ccc(F)cc2s1. The van der Waals surface area contributed by atoms with Crippen molar-refractivity contribution in [2.45, 2.75) is 0 Å². The molecule has 4 rings (SSSR count). The molecule has 4 nitrogen and oxygen atoms in total. The lowest BCUT2D eigenvalue weighted by molar-refractivity contribution is 0.0991. The van der Waals surface area contributed by atoms with Gasteiger partial charge in [-0.05, 0) is 47.3 Å². The zero-order valence-electron chi connectivity index (χ0n) is 13.7. The minimum Gasteiger partial charge on any atom is -0.266 e. The predicted molar refractivity (Wildman–Crippen MR) is 112 cm³/mol. The van der Waals surface area contributed by atoms with E-state index >= 15 is 0 Å². The van der Waals surface area contributed by atoms with Crippen LogP contribution in [-0.4, -0.2) is 17.1 Å². The minimum atomic E-state index is -0.341. The van der Waals surface area contributed by atoms with Crippen LogP contribution in [0.3, 0.4) is 0 Å². The highest BCUT2D eigenvalue weighted by molar-refractivity contribution is 9.10.